The highest BCUT2D eigenvalue weighted by atomic mass is 32.2. The Morgan fingerprint density at radius 1 is 1.56 bits per heavy atom. The molecule has 0 aliphatic carbocycles. The number of benzene rings is 1. The predicted octanol–water partition coefficient (Wildman–Crippen LogP) is 1.18. The smallest absolute Gasteiger partial charge is 0.167 e. The number of imidazole rings is 1. The molecule has 2 aromatic rings. The zero-order chi connectivity index (χ0) is 11.5. The number of carboxylic acids is 1. The fourth-order valence-electron chi connectivity index (χ4n) is 1.42. The summed E-state index contributed by atoms with van der Waals surface area (Å²) in [7, 11) is 0. The highest BCUT2D eigenvalue weighted by molar-refractivity contribution is 8.00. The molecular weight excluding hydrogens is 224 g/mol. The van der Waals surface area contributed by atoms with E-state index in [0.717, 1.165) is 11.0 Å². The summed E-state index contributed by atoms with van der Waals surface area (Å²) in [6.45, 7) is 1.82. The van der Waals surface area contributed by atoms with Crippen LogP contribution in [0.5, 0.6) is 0 Å². The number of nitrogens with one attached hydrogen (secondary N) is 1. The summed E-state index contributed by atoms with van der Waals surface area (Å²) in [6.07, 6.45) is 0.518. The van der Waals surface area contributed by atoms with E-state index in [-0.39, 0.29) is 0 Å². The molecule has 0 saturated carbocycles. The third-order valence-corrected chi connectivity index (χ3v) is 3.48. The van der Waals surface area contributed by atoms with Crippen LogP contribution < -0.4 is 5.11 Å². The molecule has 0 aliphatic heterocycles. The number of para-hydroxylation sites is 2. The molecule has 5 heteroatoms. The molecule has 0 aliphatic rings. The van der Waals surface area contributed by atoms with Gasteiger partial charge < -0.3 is 14.9 Å². The Morgan fingerprint density at radius 2 is 2.31 bits per heavy atom. The van der Waals surface area contributed by atoms with Crippen LogP contribution in [0.15, 0.2) is 29.4 Å². The van der Waals surface area contributed by atoms with E-state index in [1.807, 2.05) is 31.2 Å². The number of carboxylic acid groups (broad SMARTS) is 1. The molecule has 0 radical (unpaired) electrons. The van der Waals surface area contributed by atoms with Crippen molar-refractivity contribution in [3.63, 3.8) is 0 Å². The number of carbonyl (C=O) groups excluding carboxylic acids is 1. The third kappa shape index (κ3) is 2.19. The van der Waals surface area contributed by atoms with Gasteiger partial charge in [-0.25, -0.2) is 4.98 Å². The van der Waals surface area contributed by atoms with E-state index in [2.05, 4.69) is 9.97 Å². The molecule has 1 heterocycles. The lowest BCUT2D eigenvalue weighted by Gasteiger charge is -2.12. The van der Waals surface area contributed by atoms with E-state index in [4.69, 9.17) is 0 Å². The first-order valence-electron chi connectivity index (χ1n) is 5.03. The van der Waals surface area contributed by atoms with Crippen LogP contribution in [0.4, 0.5) is 0 Å². The lowest BCUT2D eigenvalue weighted by atomic mass is 10.3. The van der Waals surface area contributed by atoms with E-state index in [1.165, 1.54) is 11.8 Å². The molecule has 1 aromatic heterocycles. The zero-order valence-electron chi connectivity index (χ0n) is 8.77. The van der Waals surface area contributed by atoms with Crippen molar-refractivity contribution >= 4 is 28.8 Å². The number of aromatic nitrogens is 2. The van der Waals surface area contributed by atoms with Gasteiger partial charge in [0, 0.05) is 0 Å². The van der Waals surface area contributed by atoms with Crippen molar-refractivity contribution < 1.29 is 9.90 Å². The van der Waals surface area contributed by atoms with Crippen LogP contribution in [0.2, 0.25) is 0 Å². The van der Waals surface area contributed by atoms with Gasteiger partial charge in [0.15, 0.2) is 5.16 Å². The van der Waals surface area contributed by atoms with Gasteiger partial charge in [0.2, 0.25) is 0 Å². The average Bonchev–Trinajstić information content (AvgIpc) is 2.67. The van der Waals surface area contributed by atoms with Crippen LogP contribution in [0, 0.1) is 0 Å². The molecule has 0 saturated heterocycles. The molecule has 84 valence electrons. The van der Waals surface area contributed by atoms with E-state index < -0.39 is 11.2 Å². The van der Waals surface area contributed by atoms with E-state index in [1.54, 1.807) is 0 Å². The van der Waals surface area contributed by atoms with Gasteiger partial charge in [-0.3, -0.25) is 0 Å². The summed E-state index contributed by atoms with van der Waals surface area (Å²) >= 11 is 1.19. The summed E-state index contributed by atoms with van der Waals surface area (Å²) in [4.78, 5) is 18.2. The third-order valence-electron chi connectivity index (χ3n) is 2.26. The van der Waals surface area contributed by atoms with E-state index >= 15 is 0 Å². The van der Waals surface area contributed by atoms with Crippen LogP contribution in [-0.4, -0.2) is 21.2 Å². The maximum Gasteiger partial charge on any atom is 0.167 e. The molecule has 0 spiro atoms. The summed E-state index contributed by atoms with van der Waals surface area (Å²) in [5, 5.41) is 10.8. The van der Waals surface area contributed by atoms with Crippen LogP contribution >= 0.6 is 11.8 Å². The number of carbonyl (C=O) groups is 1. The first kappa shape index (κ1) is 11.0. The summed E-state index contributed by atoms with van der Waals surface area (Å²) in [6, 6.07) is 7.60. The van der Waals surface area contributed by atoms with Crippen molar-refractivity contribution in [3.8, 4) is 0 Å². The lowest BCUT2D eigenvalue weighted by Crippen LogP contribution is -2.33. The number of hydrogen-bond donors (Lipinski definition) is 1. The highest BCUT2D eigenvalue weighted by Gasteiger charge is 2.12. The zero-order valence-corrected chi connectivity index (χ0v) is 9.58. The molecule has 0 unspecified atom stereocenters. The van der Waals surface area contributed by atoms with Gasteiger partial charge in [0.1, 0.15) is 0 Å². The lowest BCUT2D eigenvalue weighted by molar-refractivity contribution is -0.304. The van der Waals surface area contributed by atoms with Crippen LogP contribution in [-0.2, 0) is 4.79 Å². The van der Waals surface area contributed by atoms with E-state index in [0.29, 0.717) is 11.6 Å². The second-order valence-corrected chi connectivity index (χ2v) is 4.58. The number of hydrogen-bond acceptors (Lipinski definition) is 4. The maximum absolute atomic E-state index is 10.8. The van der Waals surface area contributed by atoms with Gasteiger partial charge in [-0.15, -0.1) is 0 Å². The first-order valence-corrected chi connectivity index (χ1v) is 5.91. The largest absolute Gasteiger partial charge is 0.549 e. The normalized spacial score (nSPS) is 12.8. The highest BCUT2D eigenvalue weighted by Crippen LogP contribution is 2.24. The molecule has 0 fully saturated rings. The minimum absolute atomic E-state index is 0.518. The Morgan fingerprint density at radius 3 is 2.94 bits per heavy atom. The molecular formula is C11H11N2O2S-. The number of fused-ring (bicyclic) bond motifs is 1. The molecule has 1 N–H and O–H groups in total. The number of aliphatic carboxylic acids is 1. The fraction of sp³-hybridized carbons (Fsp3) is 0.273. The van der Waals surface area contributed by atoms with Gasteiger partial charge in [-0.2, -0.15) is 0 Å². The predicted molar refractivity (Wildman–Crippen MR) is 61.0 cm³/mol. The number of aromatic amines is 1. The van der Waals surface area contributed by atoms with Gasteiger partial charge in [-0.1, -0.05) is 30.8 Å². The molecule has 0 bridgehead atoms. The average molecular weight is 235 g/mol. The number of thioether (sulfide) groups is 1. The van der Waals surface area contributed by atoms with Gasteiger partial charge >= 0.3 is 0 Å². The molecule has 1 aromatic carbocycles. The molecule has 1 atom stereocenters. The maximum atomic E-state index is 10.8. The Kier molecular flexibility index (Phi) is 3.14. The van der Waals surface area contributed by atoms with Crippen molar-refractivity contribution in [2.75, 3.05) is 0 Å². The van der Waals surface area contributed by atoms with Crippen molar-refractivity contribution in [3.05, 3.63) is 24.3 Å². The van der Waals surface area contributed by atoms with E-state index in [9.17, 15) is 9.90 Å². The Hall–Kier alpha value is -1.49. The minimum Gasteiger partial charge on any atom is -0.549 e. The topological polar surface area (TPSA) is 68.8 Å². The second-order valence-electron chi connectivity index (χ2n) is 3.39. The van der Waals surface area contributed by atoms with Crippen molar-refractivity contribution in [1.82, 2.24) is 9.97 Å². The second kappa shape index (κ2) is 4.57. The Balaban J connectivity index is 2.24. The summed E-state index contributed by atoms with van der Waals surface area (Å²) in [5.74, 6) is -1.05. The summed E-state index contributed by atoms with van der Waals surface area (Å²) < 4.78 is 0. The monoisotopic (exact) mass is 235 g/mol. The van der Waals surface area contributed by atoms with Gasteiger partial charge in [0.25, 0.3) is 0 Å². The number of nitrogens with zero attached hydrogens (tertiary/aromatic N) is 1. The first-order chi connectivity index (χ1) is 7.70. The fourth-order valence-corrected chi connectivity index (χ4v) is 2.27. The molecule has 4 nitrogen and oxygen atoms in total. The Labute approximate surface area is 97.1 Å². The van der Waals surface area contributed by atoms with Crippen LogP contribution in [0.25, 0.3) is 11.0 Å². The van der Waals surface area contributed by atoms with Crippen molar-refractivity contribution in [2.24, 2.45) is 0 Å². The minimum atomic E-state index is -1.05. The quantitative estimate of drug-likeness (QED) is 0.808. The van der Waals surface area contributed by atoms with Gasteiger partial charge in [-0.05, 0) is 18.6 Å². The van der Waals surface area contributed by atoms with Crippen LogP contribution in [0.1, 0.15) is 13.3 Å². The number of H-pyrrole nitrogens is 1. The standard InChI is InChI=1S/C11H12N2O2S/c1-2-9(10(14)15)16-11-12-7-5-3-4-6-8(7)13-11/h3-6,9H,2H2,1H3,(H,12,13)(H,14,15)/p-1/t9-/m1/s1. The Bertz CT molecular complexity index is 476. The van der Waals surface area contributed by atoms with Crippen LogP contribution in [0.3, 0.4) is 0 Å². The van der Waals surface area contributed by atoms with Gasteiger partial charge in [0.05, 0.1) is 22.3 Å². The number of rotatable bonds is 4. The van der Waals surface area contributed by atoms with Crippen molar-refractivity contribution in [2.45, 2.75) is 23.8 Å². The van der Waals surface area contributed by atoms with Crippen molar-refractivity contribution in [1.29, 1.82) is 0 Å². The SMILES string of the molecule is CC[C@@H](Sc1nc2ccccc2[nH]1)C(=O)[O-]. The molecule has 2 rings (SSSR count). The summed E-state index contributed by atoms with van der Waals surface area (Å²) in [5.41, 5.74) is 1.76. The molecule has 0 amide bonds. The molecule has 16 heavy (non-hydrogen) atoms.